The molecule has 114 valence electrons. The number of guanidine groups is 1. The number of hydrogen-bond donors (Lipinski definition) is 4. The standard InChI is InChI=1S/C9H16N4O7/c10-4(7(16)17)1-2-20-13-9(11)12-5(8(18)19)3-6(14)15/h4-5H,1-3,10H2,(H,14,15)(H,16,17)(H,18,19)(H3,11,12,13)/p-1/t4-,5?/m0/s1. The lowest BCUT2D eigenvalue weighted by atomic mass is 10.2. The highest BCUT2D eigenvalue weighted by Crippen LogP contribution is 1.83. The molecule has 0 radical (unpaired) electrons. The van der Waals surface area contributed by atoms with Gasteiger partial charge in [0.05, 0.1) is 18.5 Å². The molecule has 20 heavy (non-hydrogen) atoms. The van der Waals surface area contributed by atoms with Crippen LogP contribution in [0.5, 0.6) is 0 Å². The van der Waals surface area contributed by atoms with Gasteiger partial charge in [0.1, 0.15) is 12.1 Å². The first-order chi connectivity index (χ1) is 9.23. The van der Waals surface area contributed by atoms with E-state index in [1.165, 1.54) is 0 Å². The summed E-state index contributed by atoms with van der Waals surface area (Å²) in [6.07, 6.45) is -0.818. The van der Waals surface area contributed by atoms with Crippen LogP contribution >= 0.6 is 0 Å². The SMILES string of the molecule is NC(NOCC[C@H]([NH3+])C(=O)[O-])=[NH+]C(CC(=O)[O-])C(=O)[O-]. The van der Waals surface area contributed by atoms with Gasteiger partial charge in [-0.2, -0.15) is 0 Å². The second-order valence-electron chi connectivity index (χ2n) is 3.76. The molecule has 1 unspecified atom stereocenters. The lowest BCUT2D eigenvalue weighted by Crippen LogP contribution is -2.87. The van der Waals surface area contributed by atoms with Crippen LogP contribution in [0, 0.1) is 0 Å². The van der Waals surface area contributed by atoms with Gasteiger partial charge in [0, 0.05) is 18.8 Å². The zero-order valence-electron chi connectivity index (χ0n) is 10.4. The summed E-state index contributed by atoms with van der Waals surface area (Å²) >= 11 is 0. The van der Waals surface area contributed by atoms with E-state index in [9.17, 15) is 29.7 Å². The first-order valence-corrected chi connectivity index (χ1v) is 5.45. The molecule has 0 rings (SSSR count). The number of carboxylic acids is 3. The summed E-state index contributed by atoms with van der Waals surface area (Å²) in [6.45, 7) is -0.0962. The van der Waals surface area contributed by atoms with Gasteiger partial charge in [0.25, 0.3) is 0 Å². The van der Waals surface area contributed by atoms with Gasteiger partial charge >= 0.3 is 5.96 Å². The monoisotopic (exact) mass is 291 g/mol. The maximum Gasteiger partial charge on any atom is 0.370 e. The zero-order chi connectivity index (χ0) is 15.7. The maximum atomic E-state index is 10.6. The van der Waals surface area contributed by atoms with E-state index < -0.39 is 36.4 Å². The molecule has 7 N–H and O–H groups in total. The van der Waals surface area contributed by atoms with Gasteiger partial charge in [0.15, 0.2) is 0 Å². The first kappa shape index (κ1) is 17.6. The van der Waals surface area contributed by atoms with Crippen LogP contribution < -0.4 is 37.3 Å². The molecule has 2 atom stereocenters. The van der Waals surface area contributed by atoms with Crippen molar-refractivity contribution < 1.29 is 45.3 Å². The summed E-state index contributed by atoms with van der Waals surface area (Å²) in [7, 11) is 0. The molecule has 0 aliphatic carbocycles. The fraction of sp³-hybridized carbons (Fsp3) is 0.556. The Labute approximate surface area is 113 Å². The number of hydroxylamine groups is 1. The number of nitrogens with two attached hydrogens (primary N) is 1. The molecule has 0 saturated heterocycles. The fourth-order valence-corrected chi connectivity index (χ4v) is 1.02. The van der Waals surface area contributed by atoms with E-state index in [-0.39, 0.29) is 19.0 Å². The van der Waals surface area contributed by atoms with Gasteiger partial charge in [-0.3, -0.25) is 10.7 Å². The third-order valence-electron chi connectivity index (χ3n) is 2.07. The predicted molar refractivity (Wildman–Crippen MR) is 54.0 cm³/mol. The van der Waals surface area contributed by atoms with Crippen LogP contribution in [0.2, 0.25) is 0 Å². The van der Waals surface area contributed by atoms with Crippen LogP contribution in [0.15, 0.2) is 0 Å². The number of carbonyl (C=O) groups excluding carboxylic acids is 3. The van der Waals surface area contributed by atoms with Crippen molar-refractivity contribution in [1.29, 1.82) is 0 Å². The lowest BCUT2D eigenvalue weighted by molar-refractivity contribution is -0.512. The van der Waals surface area contributed by atoms with Crippen molar-refractivity contribution in [2.45, 2.75) is 24.9 Å². The van der Waals surface area contributed by atoms with Crippen molar-refractivity contribution in [1.82, 2.24) is 5.48 Å². The van der Waals surface area contributed by atoms with Crippen LogP contribution in [-0.4, -0.2) is 42.6 Å². The Morgan fingerprint density at radius 3 is 2.30 bits per heavy atom. The van der Waals surface area contributed by atoms with Crippen molar-refractivity contribution >= 4 is 23.9 Å². The molecule has 0 aromatic carbocycles. The second kappa shape index (κ2) is 8.66. The van der Waals surface area contributed by atoms with Crippen molar-refractivity contribution in [3.8, 4) is 0 Å². The maximum absolute atomic E-state index is 10.6. The second-order valence-corrected chi connectivity index (χ2v) is 3.76. The van der Waals surface area contributed by atoms with Crippen molar-refractivity contribution in [3.63, 3.8) is 0 Å². The van der Waals surface area contributed by atoms with Crippen LogP contribution in [0.3, 0.4) is 0 Å². The van der Waals surface area contributed by atoms with Gasteiger partial charge in [-0.15, -0.1) is 5.48 Å². The third-order valence-corrected chi connectivity index (χ3v) is 2.07. The van der Waals surface area contributed by atoms with E-state index in [0.717, 1.165) is 0 Å². The molecule has 0 spiro atoms. The highest BCUT2D eigenvalue weighted by atomic mass is 16.6. The molecular formula is C9H15N4O7-. The summed E-state index contributed by atoms with van der Waals surface area (Å²) in [6, 6.07) is -2.57. The molecule has 11 heteroatoms. The molecule has 0 aromatic rings. The molecule has 0 aromatic heterocycles. The summed E-state index contributed by atoms with van der Waals surface area (Å²) < 4.78 is 0. The van der Waals surface area contributed by atoms with E-state index >= 15 is 0 Å². The molecule has 0 heterocycles. The number of aliphatic carboxylic acids is 3. The molecule has 0 amide bonds. The number of hydrogen-bond acceptors (Lipinski definition) is 7. The van der Waals surface area contributed by atoms with Crippen LogP contribution in [0.4, 0.5) is 0 Å². The van der Waals surface area contributed by atoms with E-state index in [1.807, 2.05) is 0 Å². The quantitative estimate of drug-likeness (QED) is 0.137. The van der Waals surface area contributed by atoms with Crippen molar-refractivity contribution in [2.75, 3.05) is 6.61 Å². The van der Waals surface area contributed by atoms with Gasteiger partial charge in [-0.05, 0) is 0 Å². The minimum atomic E-state index is -1.69. The van der Waals surface area contributed by atoms with E-state index in [2.05, 4.69) is 16.2 Å². The number of rotatable bonds is 9. The summed E-state index contributed by atoms with van der Waals surface area (Å²) in [5.74, 6) is -5.01. The smallest absolute Gasteiger partial charge is 0.370 e. The Kier molecular flexibility index (Phi) is 7.62. The molecular weight excluding hydrogens is 276 g/mol. The van der Waals surface area contributed by atoms with Crippen LogP contribution in [-0.2, 0) is 19.2 Å². The average molecular weight is 291 g/mol. The Morgan fingerprint density at radius 2 is 1.85 bits per heavy atom. The normalized spacial score (nSPS) is 14.3. The van der Waals surface area contributed by atoms with Crippen molar-refractivity contribution in [2.24, 2.45) is 5.73 Å². The van der Waals surface area contributed by atoms with E-state index in [4.69, 9.17) is 10.6 Å². The molecule has 0 fully saturated rings. The predicted octanol–water partition coefficient (Wildman–Crippen LogP) is -9.09. The lowest BCUT2D eigenvalue weighted by Gasteiger charge is -2.13. The van der Waals surface area contributed by atoms with E-state index in [1.54, 1.807) is 0 Å². The topological polar surface area (TPSA) is 209 Å². The summed E-state index contributed by atoms with van der Waals surface area (Å²) in [4.78, 5) is 38.0. The number of quaternary nitrogens is 1. The Morgan fingerprint density at radius 1 is 1.25 bits per heavy atom. The minimum Gasteiger partial charge on any atom is -0.550 e. The molecule has 0 aliphatic heterocycles. The summed E-state index contributed by atoms with van der Waals surface area (Å²) in [5.41, 5.74) is 10.6. The fourth-order valence-electron chi connectivity index (χ4n) is 1.02. The number of carboxylic acid groups (broad SMARTS) is 3. The van der Waals surface area contributed by atoms with Gasteiger partial charge < -0.3 is 35.4 Å². The third kappa shape index (κ3) is 7.84. The number of nitrogens with one attached hydrogen (secondary N) is 2. The van der Waals surface area contributed by atoms with Crippen LogP contribution in [0.25, 0.3) is 0 Å². The zero-order valence-corrected chi connectivity index (χ0v) is 10.4. The Balaban J connectivity index is 4.19. The molecule has 0 aliphatic rings. The van der Waals surface area contributed by atoms with E-state index in [0.29, 0.717) is 0 Å². The summed E-state index contributed by atoms with van der Waals surface area (Å²) in [5, 5.41) is 31.2. The van der Waals surface area contributed by atoms with Gasteiger partial charge in [-0.25, -0.2) is 4.84 Å². The highest BCUT2D eigenvalue weighted by Gasteiger charge is 2.13. The van der Waals surface area contributed by atoms with Crippen LogP contribution in [0.1, 0.15) is 12.8 Å². The van der Waals surface area contributed by atoms with Gasteiger partial charge in [-0.1, -0.05) is 0 Å². The number of carbonyl (C=O) groups is 3. The molecule has 11 nitrogen and oxygen atoms in total. The molecule has 0 bridgehead atoms. The highest BCUT2D eigenvalue weighted by molar-refractivity contribution is 5.78. The van der Waals surface area contributed by atoms with Gasteiger partial charge in [0.2, 0.25) is 0 Å². The molecule has 0 saturated carbocycles. The Bertz CT molecular complexity index is 398. The van der Waals surface area contributed by atoms with Crippen molar-refractivity contribution in [3.05, 3.63) is 0 Å². The minimum absolute atomic E-state index is 0.0333. The average Bonchev–Trinajstić information content (AvgIpc) is 2.32. The Hall–Kier alpha value is -2.40. The largest absolute Gasteiger partial charge is 0.550 e. The first-order valence-electron chi connectivity index (χ1n) is 5.45.